The summed E-state index contributed by atoms with van der Waals surface area (Å²) < 4.78 is 11.4. The van der Waals surface area contributed by atoms with Crippen LogP contribution in [0.1, 0.15) is 27.9 Å². The molecule has 0 aromatic heterocycles. The maximum absolute atomic E-state index is 12.2. The summed E-state index contributed by atoms with van der Waals surface area (Å²) in [7, 11) is 0. The van der Waals surface area contributed by atoms with Gasteiger partial charge in [0.2, 0.25) is 0 Å². The van der Waals surface area contributed by atoms with Crippen molar-refractivity contribution in [3.05, 3.63) is 59.2 Å². The molecular formula is C19H21NO4. The number of aromatic hydroxyl groups is 1. The van der Waals surface area contributed by atoms with Gasteiger partial charge in [0.05, 0.1) is 13.2 Å². The third kappa shape index (κ3) is 4.06. The highest BCUT2D eigenvalue weighted by molar-refractivity contribution is 5.94. The van der Waals surface area contributed by atoms with E-state index in [0.29, 0.717) is 18.7 Å². The van der Waals surface area contributed by atoms with Crippen LogP contribution in [0.4, 0.5) is 0 Å². The van der Waals surface area contributed by atoms with Crippen LogP contribution in [0.15, 0.2) is 42.5 Å². The molecule has 1 aliphatic rings. The smallest absolute Gasteiger partial charge is 0.251 e. The van der Waals surface area contributed by atoms with Crippen LogP contribution in [0.5, 0.6) is 11.5 Å². The monoisotopic (exact) mass is 327 g/mol. The van der Waals surface area contributed by atoms with E-state index in [0.717, 1.165) is 29.9 Å². The first-order chi connectivity index (χ1) is 11.6. The van der Waals surface area contributed by atoms with Gasteiger partial charge < -0.3 is 19.9 Å². The maximum Gasteiger partial charge on any atom is 0.251 e. The van der Waals surface area contributed by atoms with E-state index in [9.17, 15) is 9.90 Å². The van der Waals surface area contributed by atoms with E-state index in [1.54, 1.807) is 12.1 Å². The van der Waals surface area contributed by atoms with Crippen molar-refractivity contribution < 1.29 is 19.4 Å². The zero-order valence-corrected chi connectivity index (χ0v) is 13.6. The first-order valence-electron chi connectivity index (χ1n) is 8.03. The summed E-state index contributed by atoms with van der Waals surface area (Å²) in [6, 6.07) is 12.2. The van der Waals surface area contributed by atoms with E-state index < -0.39 is 0 Å². The van der Waals surface area contributed by atoms with Gasteiger partial charge in [0, 0.05) is 24.1 Å². The van der Waals surface area contributed by atoms with Gasteiger partial charge in [-0.05, 0) is 36.8 Å². The Hall–Kier alpha value is -2.53. The zero-order chi connectivity index (χ0) is 16.9. The minimum Gasteiger partial charge on any atom is -0.508 e. The van der Waals surface area contributed by atoms with Crippen LogP contribution < -0.4 is 10.1 Å². The minimum absolute atomic E-state index is 0.0623. The summed E-state index contributed by atoms with van der Waals surface area (Å²) >= 11 is 0. The molecule has 5 heteroatoms. The lowest BCUT2D eigenvalue weighted by molar-refractivity contribution is 0.0949. The van der Waals surface area contributed by atoms with Crippen molar-refractivity contribution >= 4 is 5.91 Å². The number of carbonyl (C=O) groups excluding carboxylic acids is 1. The van der Waals surface area contributed by atoms with E-state index in [4.69, 9.17) is 9.47 Å². The van der Waals surface area contributed by atoms with Gasteiger partial charge >= 0.3 is 0 Å². The Bertz CT molecular complexity index is 723. The molecule has 1 amide bonds. The average molecular weight is 327 g/mol. The first-order valence-corrected chi connectivity index (χ1v) is 8.03. The standard InChI is InChI=1S/C19H21NO4/c1-13-5-6-15(18(9-13)24-17-7-8-23-12-17)11-20-19(22)14-3-2-4-16(21)10-14/h2-6,9-10,17,21H,7-8,11-12H2,1H3,(H,20,22). The topological polar surface area (TPSA) is 67.8 Å². The number of carbonyl (C=O) groups is 1. The predicted octanol–water partition coefficient (Wildman–Crippen LogP) is 2.80. The Morgan fingerprint density at radius 3 is 2.96 bits per heavy atom. The van der Waals surface area contributed by atoms with Crippen LogP contribution in [0.2, 0.25) is 0 Å². The van der Waals surface area contributed by atoms with Crippen molar-refractivity contribution in [1.29, 1.82) is 0 Å². The van der Waals surface area contributed by atoms with Crippen molar-refractivity contribution in [2.24, 2.45) is 0 Å². The predicted molar refractivity (Wildman–Crippen MR) is 90.3 cm³/mol. The number of phenolic OH excluding ortho intramolecular Hbond substituents is 1. The first kappa shape index (κ1) is 16.3. The second-order valence-electron chi connectivity index (χ2n) is 5.95. The zero-order valence-electron chi connectivity index (χ0n) is 13.6. The lowest BCUT2D eigenvalue weighted by atomic mass is 10.1. The SMILES string of the molecule is Cc1ccc(CNC(=O)c2cccc(O)c2)c(OC2CCOC2)c1. The van der Waals surface area contributed by atoms with Gasteiger partial charge in [0.15, 0.2) is 0 Å². The number of aryl methyl sites for hydroxylation is 1. The molecule has 0 spiro atoms. The summed E-state index contributed by atoms with van der Waals surface area (Å²) in [5.74, 6) is 0.617. The fourth-order valence-corrected chi connectivity index (χ4v) is 2.63. The maximum atomic E-state index is 12.2. The molecule has 1 fully saturated rings. The summed E-state index contributed by atoms with van der Waals surface area (Å²) in [5, 5.41) is 12.3. The Balaban J connectivity index is 1.68. The molecule has 24 heavy (non-hydrogen) atoms. The van der Waals surface area contributed by atoms with Crippen LogP contribution >= 0.6 is 0 Å². The molecular weight excluding hydrogens is 306 g/mol. The molecule has 2 aromatic carbocycles. The molecule has 0 bridgehead atoms. The van der Waals surface area contributed by atoms with Crippen molar-refractivity contribution in [3.8, 4) is 11.5 Å². The fourth-order valence-electron chi connectivity index (χ4n) is 2.63. The van der Waals surface area contributed by atoms with Gasteiger partial charge in [-0.15, -0.1) is 0 Å². The fraction of sp³-hybridized carbons (Fsp3) is 0.316. The van der Waals surface area contributed by atoms with Gasteiger partial charge in [0.1, 0.15) is 17.6 Å². The third-order valence-electron chi connectivity index (χ3n) is 3.95. The summed E-state index contributed by atoms with van der Waals surface area (Å²) in [6.07, 6.45) is 0.940. The number of phenols is 1. The van der Waals surface area contributed by atoms with Crippen LogP contribution in [-0.4, -0.2) is 30.3 Å². The highest BCUT2D eigenvalue weighted by Crippen LogP contribution is 2.24. The molecule has 1 heterocycles. The third-order valence-corrected chi connectivity index (χ3v) is 3.95. The van der Waals surface area contributed by atoms with Crippen LogP contribution in [-0.2, 0) is 11.3 Å². The molecule has 2 aromatic rings. The molecule has 0 radical (unpaired) electrons. The number of hydrogen-bond donors (Lipinski definition) is 2. The summed E-state index contributed by atoms with van der Waals surface area (Å²) in [6.45, 7) is 3.69. The van der Waals surface area contributed by atoms with E-state index in [2.05, 4.69) is 5.32 Å². The largest absolute Gasteiger partial charge is 0.508 e. The second kappa shape index (κ2) is 7.36. The Kier molecular flexibility index (Phi) is 5.01. The van der Waals surface area contributed by atoms with Crippen molar-refractivity contribution in [3.63, 3.8) is 0 Å². The molecule has 5 nitrogen and oxygen atoms in total. The molecule has 1 atom stereocenters. The molecule has 1 saturated heterocycles. The molecule has 3 rings (SSSR count). The van der Waals surface area contributed by atoms with Gasteiger partial charge in [-0.1, -0.05) is 18.2 Å². The molecule has 0 aliphatic carbocycles. The van der Waals surface area contributed by atoms with Crippen LogP contribution in [0.3, 0.4) is 0 Å². The Morgan fingerprint density at radius 2 is 2.21 bits per heavy atom. The number of nitrogens with one attached hydrogen (secondary N) is 1. The van der Waals surface area contributed by atoms with Crippen molar-refractivity contribution in [2.45, 2.75) is 26.0 Å². The minimum atomic E-state index is -0.235. The lowest BCUT2D eigenvalue weighted by Crippen LogP contribution is -2.24. The highest BCUT2D eigenvalue weighted by atomic mass is 16.5. The van der Waals surface area contributed by atoms with Crippen molar-refractivity contribution in [2.75, 3.05) is 13.2 Å². The number of rotatable bonds is 5. The molecule has 1 unspecified atom stereocenters. The van der Waals surface area contributed by atoms with E-state index in [1.165, 1.54) is 12.1 Å². The summed E-state index contributed by atoms with van der Waals surface area (Å²) in [4.78, 5) is 12.2. The normalized spacial score (nSPS) is 16.8. The molecule has 126 valence electrons. The summed E-state index contributed by atoms with van der Waals surface area (Å²) in [5.41, 5.74) is 2.45. The van der Waals surface area contributed by atoms with E-state index >= 15 is 0 Å². The quantitative estimate of drug-likeness (QED) is 0.886. The average Bonchev–Trinajstić information content (AvgIpc) is 3.07. The van der Waals surface area contributed by atoms with E-state index in [-0.39, 0.29) is 17.8 Å². The van der Waals surface area contributed by atoms with Gasteiger partial charge in [-0.25, -0.2) is 0 Å². The van der Waals surface area contributed by atoms with Gasteiger partial charge in [0.25, 0.3) is 5.91 Å². The number of ether oxygens (including phenoxy) is 2. The van der Waals surface area contributed by atoms with Crippen molar-refractivity contribution in [1.82, 2.24) is 5.32 Å². The lowest BCUT2D eigenvalue weighted by Gasteiger charge is -2.17. The van der Waals surface area contributed by atoms with Gasteiger partial charge in [-0.3, -0.25) is 4.79 Å². The highest BCUT2D eigenvalue weighted by Gasteiger charge is 2.19. The Labute approximate surface area is 141 Å². The molecule has 1 aliphatic heterocycles. The number of benzene rings is 2. The number of amides is 1. The second-order valence-corrected chi connectivity index (χ2v) is 5.95. The van der Waals surface area contributed by atoms with Crippen LogP contribution in [0, 0.1) is 6.92 Å². The van der Waals surface area contributed by atoms with Gasteiger partial charge in [-0.2, -0.15) is 0 Å². The molecule has 0 saturated carbocycles. The number of hydrogen-bond acceptors (Lipinski definition) is 4. The Morgan fingerprint density at radius 1 is 1.33 bits per heavy atom. The van der Waals surface area contributed by atoms with E-state index in [1.807, 2.05) is 25.1 Å². The van der Waals surface area contributed by atoms with Crippen LogP contribution in [0.25, 0.3) is 0 Å². The molecule has 2 N–H and O–H groups in total.